The van der Waals surface area contributed by atoms with Crippen molar-refractivity contribution in [3.05, 3.63) is 30.5 Å². The quantitative estimate of drug-likeness (QED) is 0.522. The summed E-state index contributed by atoms with van der Waals surface area (Å²) in [5.74, 6) is 2.53. The van der Waals surface area contributed by atoms with Gasteiger partial charge in [0.1, 0.15) is 5.82 Å². The van der Waals surface area contributed by atoms with Gasteiger partial charge >= 0.3 is 0 Å². The van der Waals surface area contributed by atoms with Crippen molar-refractivity contribution in [3.63, 3.8) is 0 Å². The Balaban J connectivity index is 1.52. The minimum atomic E-state index is 0.554. The van der Waals surface area contributed by atoms with E-state index in [2.05, 4.69) is 15.2 Å². The molecule has 1 saturated heterocycles. The molecule has 0 amide bonds. The van der Waals surface area contributed by atoms with E-state index in [1.807, 2.05) is 28.8 Å². The zero-order valence-electron chi connectivity index (χ0n) is 18.3. The standard InChI is InChI=1S/C22H29N5O4/c1-28-18-13-16(14-19(29-2)22(18)30-3)17-15-24-21-6-5-20(25-27(17)21)23-7-4-8-26-9-11-31-12-10-26/h5-6,13-15H,4,7-12H2,1-3H3,(H,23,25). The van der Waals surface area contributed by atoms with E-state index < -0.39 is 0 Å². The molecule has 1 aliphatic rings. The molecule has 1 aliphatic heterocycles. The van der Waals surface area contributed by atoms with Crippen molar-refractivity contribution in [2.24, 2.45) is 0 Å². The van der Waals surface area contributed by atoms with Crippen LogP contribution < -0.4 is 19.5 Å². The van der Waals surface area contributed by atoms with Crippen molar-refractivity contribution in [3.8, 4) is 28.5 Å². The van der Waals surface area contributed by atoms with Gasteiger partial charge in [-0.1, -0.05) is 0 Å². The van der Waals surface area contributed by atoms with Crippen LogP contribution in [0, 0.1) is 0 Å². The Bertz CT molecular complexity index is 991. The molecule has 0 radical (unpaired) electrons. The summed E-state index contributed by atoms with van der Waals surface area (Å²) in [6.45, 7) is 5.59. The molecule has 166 valence electrons. The van der Waals surface area contributed by atoms with Crippen LogP contribution in [0.5, 0.6) is 17.2 Å². The second kappa shape index (κ2) is 9.84. The first-order chi connectivity index (χ1) is 15.2. The Hall–Kier alpha value is -3.04. The lowest BCUT2D eigenvalue weighted by Gasteiger charge is -2.26. The summed E-state index contributed by atoms with van der Waals surface area (Å²) in [4.78, 5) is 6.92. The number of morpholine rings is 1. The largest absolute Gasteiger partial charge is 0.493 e. The molecule has 31 heavy (non-hydrogen) atoms. The lowest BCUT2D eigenvalue weighted by Crippen LogP contribution is -2.37. The number of fused-ring (bicyclic) bond motifs is 1. The second-order valence-electron chi connectivity index (χ2n) is 7.28. The van der Waals surface area contributed by atoms with Crippen LogP contribution in [0.1, 0.15) is 6.42 Å². The van der Waals surface area contributed by atoms with E-state index in [0.29, 0.717) is 17.2 Å². The van der Waals surface area contributed by atoms with Gasteiger partial charge in [0.05, 0.1) is 46.4 Å². The fourth-order valence-corrected chi connectivity index (χ4v) is 3.74. The van der Waals surface area contributed by atoms with Gasteiger partial charge in [-0.25, -0.2) is 9.50 Å². The average Bonchev–Trinajstić information content (AvgIpc) is 3.24. The third kappa shape index (κ3) is 4.67. The molecule has 1 aromatic carbocycles. The van der Waals surface area contributed by atoms with E-state index in [0.717, 1.165) is 68.5 Å². The number of imidazole rings is 1. The molecule has 1 N–H and O–H groups in total. The van der Waals surface area contributed by atoms with Crippen molar-refractivity contribution >= 4 is 11.5 Å². The molecule has 1 fully saturated rings. The van der Waals surface area contributed by atoms with E-state index in [-0.39, 0.29) is 0 Å². The van der Waals surface area contributed by atoms with Gasteiger partial charge in [-0.05, 0) is 37.2 Å². The van der Waals surface area contributed by atoms with Gasteiger partial charge in [0.25, 0.3) is 0 Å². The zero-order valence-corrected chi connectivity index (χ0v) is 18.3. The van der Waals surface area contributed by atoms with Crippen LogP contribution in [0.15, 0.2) is 30.5 Å². The van der Waals surface area contributed by atoms with Crippen molar-refractivity contribution in [1.29, 1.82) is 0 Å². The van der Waals surface area contributed by atoms with Crippen LogP contribution in [0.25, 0.3) is 16.9 Å². The Morgan fingerprint density at radius 1 is 1.03 bits per heavy atom. The Morgan fingerprint density at radius 3 is 2.45 bits per heavy atom. The minimum Gasteiger partial charge on any atom is -0.493 e. The minimum absolute atomic E-state index is 0.554. The highest BCUT2D eigenvalue weighted by molar-refractivity contribution is 5.70. The van der Waals surface area contributed by atoms with Crippen molar-refractivity contribution in [1.82, 2.24) is 19.5 Å². The van der Waals surface area contributed by atoms with Crippen LogP contribution in [-0.2, 0) is 4.74 Å². The van der Waals surface area contributed by atoms with Gasteiger partial charge in [0, 0.05) is 25.2 Å². The number of ether oxygens (including phenoxy) is 4. The Kier molecular flexibility index (Phi) is 6.73. The molecule has 3 aromatic rings. The van der Waals surface area contributed by atoms with E-state index in [9.17, 15) is 0 Å². The van der Waals surface area contributed by atoms with Crippen LogP contribution in [0.3, 0.4) is 0 Å². The Labute approximate surface area is 181 Å². The molecule has 0 aliphatic carbocycles. The number of benzene rings is 1. The van der Waals surface area contributed by atoms with Crippen LogP contribution in [0.2, 0.25) is 0 Å². The molecular weight excluding hydrogens is 398 g/mol. The third-order valence-corrected chi connectivity index (χ3v) is 5.38. The Morgan fingerprint density at radius 2 is 1.77 bits per heavy atom. The molecule has 0 saturated carbocycles. The number of nitrogens with zero attached hydrogens (tertiary/aromatic N) is 4. The molecule has 2 aromatic heterocycles. The lowest BCUT2D eigenvalue weighted by atomic mass is 10.1. The maximum atomic E-state index is 5.49. The highest BCUT2D eigenvalue weighted by Gasteiger charge is 2.17. The maximum Gasteiger partial charge on any atom is 0.203 e. The van der Waals surface area contributed by atoms with Crippen LogP contribution >= 0.6 is 0 Å². The summed E-state index contributed by atoms with van der Waals surface area (Å²) < 4.78 is 23.6. The smallest absolute Gasteiger partial charge is 0.203 e. The van der Waals surface area contributed by atoms with Gasteiger partial charge < -0.3 is 24.3 Å². The number of methoxy groups -OCH3 is 3. The first kappa shape index (κ1) is 21.2. The van der Waals surface area contributed by atoms with Crippen molar-refractivity contribution in [2.45, 2.75) is 6.42 Å². The average molecular weight is 428 g/mol. The molecule has 9 heteroatoms. The summed E-state index contributed by atoms with van der Waals surface area (Å²) >= 11 is 0. The number of hydrogen-bond acceptors (Lipinski definition) is 8. The van der Waals surface area contributed by atoms with Crippen LogP contribution in [-0.4, -0.2) is 80.2 Å². The first-order valence-corrected chi connectivity index (χ1v) is 10.4. The summed E-state index contributed by atoms with van der Waals surface area (Å²) in [5, 5.41) is 8.17. The molecule has 9 nitrogen and oxygen atoms in total. The number of aromatic nitrogens is 3. The zero-order chi connectivity index (χ0) is 21.6. The third-order valence-electron chi connectivity index (χ3n) is 5.38. The van der Waals surface area contributed by atoms with Gasteiger partial charge in [0.2, 0.25) is 5.75 Å². The summed E-state index contributed by atoms with van der Waals surface area (Å²) in [7, 11) is 4.80. The number of rotatable bonds is 9. The molecule has 0 spiro atoms. The SMILES string of the molecule is COc1cc(-c2cnc3ccc(NCCCN4CCOCC4)nn23)cc(OC)c1OC. The molecule has 0 unspecified atom stereocenters. The topological polar surface area (TPSA) is 82.4 Å². The highest BCUT2D eigenvalue weighted by Crippen LogP contribution is 2.41. The highest BCUT2D eigenvalue weighted by atomic mass is 16.5. The molecule has 4 rings (SSSR count). The normalized spacial score (nSPS) is 14.5. The monoisotopic (exact) mass is 427 g/mol. The fraction of sp³-hybridized carbons (Fsp3) is 0.455. The van der Waals surface area contributed by atoms with Gasteiger partial charge in [-0.3, -0.25) is 4.90 Å². The second-order valence-corrected chi connectivity index (χ2v) is 7.28. The van der Waals surface area contributed by atoms with Crippen molar-refractivity contribution < 1.29 is 18.9 Å². The van der Waals surface area contributed by atoms with Gasteiger partial charge in [-0.15, -0.1) is 5.10 Å². The number of anilines is 1. The van der Waals surface area contributed by atoms with Gasteiger partial charge in [0.15, 0.2) is 17.1 Å². The van der Waals surface area contributed by atoms with Crippen molar-refractivity contribution in [2.75, 3.05) is 66.0 Å². The van der Waals surface area contributed by atoms with E-state index in [1.54, 1.807) is 27.5 Å². The predicted molar refractivity (Wildman–Crippen MR) is 118 cm³/mol. The fourth-order valence-electron chi connectivity index (χ4n) is 3.74. The molecule has 3 heterocycles. The maximum absolute atomic E-state index is 5.49. The summed E-state index contributed by atoms with van der Waals surface area (Å²) in [6.07, 6.45) is 2.84. The van der Waals surface area contributed by atoms with E-state index in [4.69, 9.17) is 24.0 Å². The van der Waals surface area contributed by atoms with Crippen LogP contribution in [0.4, 0.5) is 5.82 Å². The number of nitrogens with one attached hydrogen (secondary N) is 1. The molecule has 0 bridgehead atoms. The van der Waals surface area contributed by atoms with E-state index >= 15 is 0 Å². The number of hydrogen-bond donors (Lipinski definition) is 1. The predicted octanol–water partition coefficient (Wildman–Crippen LogP) is 2.56. The lowest BCUT2D eigenvalue weighted by molar-refractivity contribution is 0.0378. The summed E-state index contributed by atoms with van der Waals surface area (Å²) in [5.41, 5.74) is 2.48. The first-order valence-electron chi connectivity index (χ1n) is 10.4. The van der Waals surface area contributed by atoms with E-state index in [1.165, 1.54) is 0 Å². The summed E-state index contributed by atoms with van der Waals surface area (Å²) in [6, 6.07) is 7.71. The molecule has 0 atom stereocenters. The van der Waals surface area contributed by atoms with Gasteiger partial charge in [-0.2, -0.15) is 0 Å². The molecular formula is C22H29N5O4.